The molecule has 0 saturated carbocycles. The monoisotopic (exact) mass is 1060 g/mol. The number of para-hydroxylation sites is 3. The van der Waals surface area contributed by atoms with Gasteiger partial charge in [-0.2, -0.15) is 0 Å². The number of nitrogens with zero attached hydrogens (tertiary/aromatic N) is 5. The molecule has 83 heavy (non-hydrogen) atoms. The van der Waals surface area contributed by atoms with E-state index in [1.54, 1.807) is 0 Å². The molecule has 7 nitrogen and oxygen atoms in total. The first-order valence-electron chi connectivity index (χ1n) is 28.2. The fourth-order valence-corrected chi connectivity index (χ4v) is 13.6. The minimum atomic E-state index is -0.344. The van der Waals surface area contributed by atoms with Crippen molar-refractivity contribution >= 4 is 106 Å². The van der Waals surface area contributed by atoms with Gasteiger partial charge < -0.3 is 18.3 Å². The summed E-state index contributed by atoms with van der Waals surface area (Å²) in [6.45, 7) is -0.344. The molecule has 0 aliphatic carbocycles. The molecule has 0 amide bonds. The number of anilines is 3. The fourth-order valence-electron chi connectivity index (χ4n) is 13.6. The van der Waals surface area contributed by atoms with Gasteiger partial charge in [0.1, 0.15) is 22.3 Å². The second kappa shape index (κ2) is 17.7. The van der Waals surface area contributed by atoms with E-state index in [4.69, 9.17) is 23.8 Å². The zero-order valence-electron chi connectivity index (χ0n) is 44.5. The van der Waals surface area contributed by atoms with Crippen LogP contribution in [0.2, 0.25) is 0 Å². The van der Waals surface area contributed by atoms with Gasteiger partial charge in [0.15, 0.2) is 17.5 Å². The summed E-state index contributed by atoms with van der Waals surface area (Å²) in [7, 11) is 0. The van der Waals surface area contributed by atoms with Crippen LogP contribution < -0.4 is 21.3 Å². The summed E-state index contributed by atoms with van der Waals surface area (Å²) in [5, 5.41) is 6.55. The van der Waals surface area contributed by atoms with Gasteiger partial charge in [-0.1, -0.05) is 212 Å². The molecule has 2 aliphatic heterocycles. The third-order valence-electron chi connectivity index (χ3n) is 17.2. The van der Waals surface area contributed by atoms with E-state index in [1.807, 2.05) is 36.4 Å². The third kappa shape index (κ3) is 6.84. The van der Waals surface area contributed by atoms with Gasteiger partial charge in [0, 0.05) is 77.2 Å². The molecule has 16 aromatic rings. The van der Waals surface area contributed by atoms with Crippen LogP contribution in [0, 0.1) is 0 Å². The molecule has 0 atom stereocenters. The molecule has 0 fully saturated rings. The maximum Gasteiger partial charge on any atom is 0.257 e. The van der Waals surface area contributed by atoms with Crippen molar-refractivity contribution in [3.63, 3.8) is 0 Å². The fraction of sp³-hybridized carbons (Fsp3) is 0. The van der Waals surface area contributed by atoms with E-state index in [2.05, 4.69) is 240 Å². The zero-order valence-corrected chi connectivity index (χ0v) is 44.5. The predicted octanol–water partition coefficient (Wildman–Crippen LogP) is 17.4. The van der Waals surface area contributed by atoms with E-state index in [-0.39, 0.29) is 6.71 Å². The van der Waals surface area contributed by atoms with Crippen molar-refractivity contribution in [2.24, 2.45) is 0 Å². The molecule has 2 aliphatic rings. The summed E-state index contributed by atoms with van der Waals surface area (Å²) in [6.07, 6.45) is 0. The molecule has 8 heteroatoms. The summed E-state index contributed by atoms with van der Waals surface area (Å²) in [5.74, 6) is 1.75. The number of hydrogen-bond donors (Lipinski definition) is 0. The number of furan rings is 2. The second-order valence-electron chi connectivity index (χ2n) is 21.8. The molecule has 18 rings (SSSR count). The molecule has 0 spiro atoms. The largest absolute Gasteiger partial charge is 0.457 e. The van der Waals surface area contributed by atoms with Crippen molar-refractivity contribution < 1.29 is 8.83 Å². The van der Waals surface area contributed by atoms with Crippen LogP contribution >= 0.6 is 0 Å². The van der Waals surface area contributed by atoms with Crippen LogP contribution in [0.5, 0.6) is 0 Å². The van der Waals surface area contributed by atoms with E-state index < -0.39 is 0 Å². The molecule has 12 aromatic carbocycles. The molecular formula is C75H44BN5O2. The Balaban J connectivity index is 1.04. The van der Waals surface area contributed by atoms with Crippen LogP contribution in [-0.2, 0) is 0 Å². The standard InChI is InChI=1S/C75H44BN5O2/c1-6-21-45(22-7-1)50-37-38-66-56(39-50)57-43-62-60(44-67(57)82-66)76-68-63(80-61-35-18-16-31-54(61)58-42-59-55-32-17-19-36-65(55)83-72(59)69(76)71(58)80)40-51(75-78-73(48-27-12-4-13-28-48)77-74(79-75)49-29-14-5-15-30-49)41-64(68)81(62)70-52(46-23-8-2-9-24-46)33-20-34-53(70)47-25-10-3-11-26-47/h1-44H. The Morgan fingerprint density at radius 1 is 0.313 bits per heavy atom. The minimum Gasteiger partial charge on any atom is -0.457 e. The van der Waals surface area contributed by atoms with Crippen molar-refractivity contribution in [2.45, 2.75) is 0 Å². The number of hydrogen-bond acceptors (Lipinski definition) is 6. The number of benzene rings is 12. The lowest BCUT2D eigenvalue weighted by molar-refractivity contribution is 0.669. The van der Waals surface area contributed by atoms with Crippen molar-refractivity contribution in [3.8, 4) is 73.2 Å². The lowest BCUT2D eigenvalue weighted by Crippen LogP contribution is -2.60. The normalized spacial score (nSPS) is 12.5. The van der Waals surface area contributed by atoms with Gasteiger partial charge in [0.2, 0.25) is 0 Å². The highest BCUT2D eigenvalue weighted by Crippen LogP contribution is 2.51. The minimum absolute atomic E-state index is 0.344. The lowest BCUT2D eigenvalue weighted by atomic mass is 9.33. The van der Waals surface area contributed by atoms with Crippen molar-refractivity contribution in [2.75, 3.05) is 4.90 Å². The maximum absolute atomic E-state index is 7.28. The second-order valence-corrected chi connectivity index (χ2v) is 21.8. The molecule has 0 saturated heterocycles. The van der Waals surface area contributed by atoms with Gasteiger partial charge in [-0.3, -0.25) is 0 Å². The Morgan fingerprint density at radius 3 is 1.52 bits per heavy atom. The van der Waals surface area contributed by atoms with E-state index in [9.17, 15) is 0 Å². The number of aromatic nitrogens is 4. The summed E-state index contributed by atoms with van der Waals surface area (Å²) in [6, 6.07) is 95.2. The molecule has 0 unspecified atom stereocenters. The maximum atomic E-state index is 7.28. The Labute approximate surface area is 476 Å². The van der Waals surface area contributed by atoms with Crippen LogP contribution in [-0.4, -0.2) is 26.2 Å². The van der Waals surface area contributed by atoms with Crippen LogP contribution in [0.25, 0.3) is 139 Å². The average molecular weight is 1060 g/mol. The molecule has 0 N–H and O–H groups in total. The molecule has 4 aromatic heterocycles. The van der Waals surface area contributed by atoms with Gasteiger partial charge in [-0.15, -0.1) is 0 Å². The molecule has 0 radical (unpaired) electrons. The van der Waals surface area contributed by atoms with E-state index in [0.717, 1.165) is 155 Å². The van der Waals surface area contributed by atoms with Crippen molar-refractivity contribution in [3.05, 3.63) is 267 Å². The topological polar surface area (TPSA) is 73.1 Å². The third-order valence-corrected chi connectivity index (χ3v) is 17.2. The lowest BCUT2D eigenvalue weighted by Gasteiger charge is -2.42. The molecule has 0 bridgehead atoms. The number of rotatable bonds is 7. The summed E-state index contributed by atoms with van der Waals surface area (Å²) < 4.78 is 16.9. The van der Waals surface area contributed by atoms with E-state index in [0.29, 0.717) is 17.5 Å². The molecular weight excluding hydrogens is 1010 g/mol. The summed E-state index contributed by atoms with van der Waals surface area (Å²) in [5.41, 5.74) is 22.3. The van der Waals surface area contributed by atoms with Gasteiger partial charge >= 0.3 is 0 Å². The molecule has 384 valence electrons. The first kappa shape index (κ1) is 45.7. The van der Waals surface area contributed by atoms with Gasteiger partial charge in [-0.25, -0.2) is 15.0 Å². The Kier molecular flexibility index (Phi) is 9.76. The number of fused-ring (bicyclic) bond motifs is 14. The summed E-state index contributed by atoms with van der Waals surface area (Å²) in [4.78, 5) is 18.7. The smallest absolute Gasteiger partial charge is 0.257 e. The van der Waals surface area contributed by atoms with Crippen LogP contribution in [0.4, 0.5) is 17.1 Å². The Hall–Kier alpha value is -11.1. The highest BCUT2D eigenvalue weighted by molar-refractivity contribution is 7.01. The van der Waals surface area contributed by atoms with Crippen LogP contribution in [0.15, 0.2) is 276 Å². The molecule has 6 heterocycles. The predicted molar refractivity (Wildman–Crippen MR) is 341 cm³/mol. The highest BCUT2D eigenvalue weighted by Gasteiger charge is 2.46. The van der Waals surface area contributed by atoms with Crippen LogP contribution in [0.3, 0.4) is 0 Å². The van der Waals surface area contributed by atoms with Crippen LogP contribution in [0.1, 0.15) is 0 Å². The summed E-state index contributed by atoms with van der Waals surface area (Å²) >= 11 is 0. The quantitative estimate of drug-likeness (QED) is 0.148. The van der Waals surface area contributed by atoms with Crippen molar-refractivity contribution in [1.82, 2.24) is 19.5 Å². The van der Waals surface area contributed by atoms with Gasteiger partial charge in [0.05, 0.1) is 16.7 Å². The van der Waals surface area contributed by atoms with Crippen molar-refractivity contribution in [1.29, 1.82) is 0 Å². The highest BCUT2D eigenvalue weighted by atomic mass is 16.3. The first-order valence-corrected chi connectivity index (χ1v) is 28.2. The SMILES string of the molecule is c1ccc(-c2ccc3oc4cc5c(cc4c3c2)N(c2c(-c3ccccc3)cccc2-c2ccccc2)c2cc(-c3nc(-c4ccccc4)nc(-c4ccccc4)n3)cc3c2B5c2c4oc5ccccc5c4cc4c5ccccc5n-3c24)cc1. The van der Waals surface area contributed by atoms with Gasteiger partial charge in [0.25, 0.3) is 6.71 Å². The van der Waals surface area contributed by atoms with E-state index >= 15 is 0 Å². The Bertz CT molecular complexity index is 5210. The average Bonchev–Trinajstić information content (AvgIpc) is 2.04. The van der Waals surface area contributed by atoms with E-state index in [1.165, 1.54) is 0 Å². The zero-order chi connectivity index (χ0) is 54.3. The first-order chi connectivity index (χ1) is 41.2. The Morgan fingerprint density at radius 2 is 0.855 bits per heavy atom. The van der Waals surface area contributed by atoms with Gasteiger partial charge in [-0.05, 0) is 93.2 Å².